The fourth-order valence-corrected chi connectivity index (χ4v) is 3.76. The molecule has 2 unspecified atom stereocenters. The van der Waals surface area contributed by atoms with Crippen molar-refractivity contribution < 1.29 is 23.1 Å². The van der Waals surface area contributed by atoms with Crippen molar-refractivity contribution >= 4 is 22.6 Å². The molecule has 168 valence electrons. The topological polar surface area (TPSA) is 79.5 Å². The molecule has 4 rings (SSSR count). The van der Waals surface area contributed by atoms with E-state index in [0.29, 0.717) is 22.4 Å². The van der Waals surface area contributed by atoms with Crippen LogP contribution in [-0.2, 0) is 0 Å². The predicted octanol–water partition coefficient (Wildman–Crippen LogP) is 6.50. The van der Waals surface area contributed by atoms with Crippen LogP contribution in [0.5, 0.6) is 0 Å². The van der Waals surface area contributed by atoms with Gasteiger partial charge in [-0.2, -0.15) is 0 Å². The van der Waals surface area contributed by atoms with E-state index in [1.54, 1.807) is 49.4 Å². The fraction of sp³-hybridized carbons (Fsp3) is 0.154. The normalized spacial score (nSPS) is 13.0. The van der Waals surface area contributed by atoms with Crippen molar-refractivity contribution in [2.24, 2.45) is 0 Å². The molecule has 0 amide bonds. The first kappa shape index (κ1) is 22.2. The molecule has 3 aromatic carbocycles. The van der Waals surface area contributed by atoms with Crippen LogP contribution in [0.3, 0.4) is 0 Å². The maximum Gasteiger partial charge on any atom is 0.337 e. The molecule has 1 aromatic heterocycles. The van der Waals surface area contributed by atoms with Crippen LogP contribution in [0.2, 0.25) is 0 Å². The van der Waals surface area contributed by atoms with Gasteiger partial charge in [0.1, 0.15) is 23.3 Å². The number of carboxylic acids is 1. The van der Waals surface area contributed by atoms with E-state index in [1.165, 1.54) is 25.1 Å². The van der Waals surface area contributed by atoms with Crippen molar-refractivity contribution in [1.29, 1.82) is 0 Å². The highest BCUT2D eigenvalue weighted by Crippen LogP contribution is 2.32. The van der Waals surface area contributed by atoms with Crippen molar-refractivity contribution in [3.63, 3.8) is 0 Å². The lowest BCUT2D eigenvalue weighted by Gasteiger charge is -2.19. The van der Waals surface area contributed by atoms with E-state index in [4.69, 9.17) is 4.42 Å². The van der Waals surface area contributed by atoms with Gasteiger partial charge in [0.15, 0.2) is 5.43 Å². The van der Waals surface area contributed by atoms with Crippen molar-refractivity contribution in [1.82, 2.24) is 0 Å². The number of carboxylic acid groups (broad SMARTS) is 1. The first-order chi connectivity index (χ1) is 15.7. The van der Waals surface area contributed by atoms with E-state index >= 15 is 0 Å². The first-order valence-corrected chi connectivity index (χ1v) is 10.3. The van der Waals surface area contributed by atoms with Gasteiger partial charge in [-0.1, -0.05) is 30.3 Å². The van der Waals surface area contributed by atoms with Crippen LogP contribution in [0.1, 0.15) is 47.5 Å². The molecule has 1 heterocycles. The first-order valence-electron chi connectivity index (χ1n) is 10.3. The summed E-state index contributed by atoms with van der Waals surface area (Å²) in [5, 5.41) is 12.6. The van der Waals surface area contributed by atoms with Gasteiger partial charge in [0.05, 0.1) is 17.0 Å². The highest BCUT2D eigenvalue weighted by atomic mass is 19.1. The number of anilines is 1. The highest BCUT2D eigenvalue weighted by Gasteiger charge is 2.19. The van der Waals surface area contributed by atoms with Crippen molar-refractivity contribution in [2.45, 2.75) is 26.1 Å². The number of hydrogen-bond donors (Lipinski definition) is 2. The summed E-state index contributed by atoms with van der Waals surface area (Å²) in [4.78, 5) is 24.4. The smallest absolute Gasteiger partial charge is 0.337 e. The Labute approximate surface area is 188 Å². The van der Waals surface area contributed by atoms with Crippen LogP contribution < -0.4 is 10.7 Å². The third kappa shape index (κ3) is 4.48. The van der Waals surface area contributed by atoms with Crippen LogP contribution in [0.25, 0.3) is 22.3 Å². The van der Waals surface area contributed by atoms with Gasteiger partial charge in [-0.3, -0.25) is 4.79 Å². The van der Waals surface area contributed by atoms with Crippen LogP contribution >= 0.6 is 0 Å². The zero-order chi connectivity index (χ0) is 23.7. The number of carbonyl (C=O) groups is 1. The third-order valence-corrected chi connectivity index (χ3v) is 5.45. The molecule has 4 aromatic rings. The zero-order valence-corrected chi connectivity index (χ0v) is 17.9. The monoisotopic (exact) mass is 449 g/mol. The summed E-state index contributed by atoms with van der Waals surface area (Å²) in [5.74, 6) is -1.50. The Bertz CT molecular complexity index is 1410. The van der Waals surface area contributed by atoms with Gasteiger partial charge in [-0.05, 0) is 49.7 Å². The van der Waals surface area contributed by atoms with E-state index in [2.05, 4.69) is 5.32 Å². The summed E-state index contributed by atoms with van der Waals surface area (Å²) >= 11 is 0. The lowest BCUT2D eigenvalue weighted by molar-refractivity contribution is 0.0698. The van der Waals surface area contributed by atoms with Gasteiger partial charge in [-0.25, -0.2) is 13.6 Å². The molecule has 5 nitrogen and oxygen atoms in total. The van der Waals surface area contributed by atoms with Crippen molar-refractivity contribution in [3.8, 4) is 11.3 Å². The van der Waals surface area contributed by atoms with E-state index < -0.39 is 29.4 Å². The van der Waals surface area contributed by atoms with E-state index in [9.17, 15) is 23.5 Å². The van der Waals surface area contributed by atoms with E-state index in [0.717, 1.165) is 6.07 Å². The van der Waals surface area contributed by atoms with Gasteiger partial charge >= 0.3 is 5.97 Å². The molecule has 2 atom stereocenters. The average Bonchev–Trinajstić information content (AvgIpc) is 2.79. The minimum absolute atomic E-state index is 0.0592. The summed E-state index contributed by atoms with van der Waals surface area (Å²) in [5.41, 5.74) is 1.44. The lowest BCUT2D eigenvalue weighted by Crippen LogP contribution is -2.12. The molecule has 2 N–H and O–H groups in total. The van der Waals surface area contributed by atoms with Crippen LogP contribution in [0, 0.1) is 5.82 Å². The Morgan fingerprint density at radius 3 is 2.52 bits per heavy atom. The summed E-state index contributed by atoms with van der Waals surface area (Å²) in [7, 11) is 0. The van der Waals surface area contributed by atoms with Crippen LogP contribution in [-0.4, -0.2) is 11.1 Å². The number of fused-ring (bicyclic) bond motifs is 1. The second-order valence-electron chi connectivity index (χ2n) is 7.80. The summed E-state index contributed by atoms with van der Waals surface area (Å²) in [6.45, 7) is 3.13. The number of hydrogen-bond acceptors (Lipinski definition) is 4. The molecule has 0 aliphatic carbocycles. The molecule has 33 heavy (non-hydrogen) atoms. The molecule has 0 spiro atoms. The maximum absolute atomic E-state index is 14.4. The van der Waals surface area contributed by atoms with E-state index in [-0.39, 0.29) is 22.3 Å². The van der Waals surface area contributed by atoms with Gasteiger partial charge < -0.3 is 14.8 Å². The minimum Gasteiger partial charge on any atom is -0.478 e. The number of para-hydroxylation sites is 1. The molecule has 0 fully saturated rings. The van der Waals surface area contributed by atoms with Gasteiger partial charge in [0.2, 0.25) is 0 Å². The van der Waals surface area contributed by atoms with Crippen LogP contribution in [0.15, 0.2) is 75.9 Å². The third-order valence-electron chi connectivity index (χ3n) is 5.45. The second-order valence-corrected chi connectivity index (χ2v) is 7.80. The summed E-state index contributed by atoms with van der Waals surface area (Å²) in [6, 6.07) is 16.0. The number of halogens is 2. The number of rotatable bonds is 6. The second kappa shape index (κ2) is 8.86. The number of benzene rings is 3. The molecule has 0 saturated heterocycles. The zero-order valence-electron chi connectivity index (χ0n) is 17.9. The molecule has 0 saturated carbocycles. The highest BCUT2D eigenvalue weighted by molar-refractivity contribution is 5.94. The predicted molar refractivity (Wildman–Crippen MR) is 123 cm³/mol. The van der Waals surface area contributed by atoms with Crippen LogP contribution in [0.4, 0.5) is 14.5 Å². The molecule has 0 bridgehead atoms. The van der Waals surface area contributed by atoms with E-state index in [1.807, 2.05) is 0 Å². The number of aromatic carboxylic acids is 1. The Hall–Kier alpha value is -4.00. The van der Waals surface area contributed by atoms with Crippen molar-refractivity contribution in [2.75, 3.05) is 5.32 Å². The quantitative estimate of drug-likeness (QED) is 0.351. The minimum atomic E-state index is -1.19. The molecule has 0 aliphatic rings. The van der Waals surface area contributed by atoms with Gasteiger partial charge in [-0.15, -0.1) is 0 Å². The molecular formula is C26H21F2NO4. The fourth-order valence-electron chi connectivity index (χ4n) is 3.76. The van der Waals surface area contributed by atoms with Crippen molar-refractivity contribution in [3.05, 3.63) is 99.5 Å². The Morgan fingerprint density at radius 2 is 1.79 bits per heavy atom. The Morgan fingerprint density at radius 1 is 1.03 bits per heavy atom. The SMILES string of the molecule is CC(F)c1cccc(-c2cc(=O)c3cc(F)cc(C(C)Nc4ccccc4C(=O)O)c3o2)c1. The number of alkyl halides is 1. The molecular weight excluding hydrogens is 428 g/mol. The van der Waals surface area contributed by atoms with Gasteiger partial charge in [0.25, 0.3) is 0 Å². The maximum atomic E-state index is 14.4. The van der Waals surface area contributed by atoms with Gasteiger partial charge in [0, 0.05) is 22.9 Å². The molecule has 7 heteroatoms. The Balaban J connectivity index is 1.84. The Kier molecular flexibility index (Phi) is 5.96. The largest absolute Gasteiger partial charge is 0.478 e. The molecule has 0 radical (unpaired) electrons. The summed E-state index contributed by atoms with van der Waals surface area (Å²) < 4.78 is 34.2. The average molecular weight is 449 g/mol. The standard InChI is InChI=1S/C26H21F2NO4/c1-14(27)16-6-5-7-17(10-16)24-13-23(30)21-12-18(28)11-20(25(21)33-24)15(2)29-22-9-4-3-8-19(22)26(31)32/h3-15,29H,1-2H3,(H,31,32). The summed E-state index contributed by atoms with van der Waals surface area (Å²) in [6.07, 6.45) is -1.19. The lowest BCUT2D eigenvalue weighted by atomic mass is 10.0. The number of nitrogens with one attached hydrogen (secondary N) is 1. The molecule has 0 aliphatic heterocycles.